The second-order valence-electron chi connectivity index (χ2n) is 5.81. The minimum absolute atomic E-state index is 0.306. The number of ether oxygens (including phenoxy) is 1. The van der Waals surface area contributed by atoms with E-state index in [-0.39, 0.29) is 0 Å². The fourth-order valence-electron chi connectivity index (χ4n) is 2.77. The van der Waals surface area contributed by atoms with E-state index in [4.69, 9.17) is 4.74 Å². The summed E-state index contributed by atoms with van der Waals surface area (Å²) in [7, 11) is 1.67. The maximum Gasteiger partial charge on any atom is 0.148 e. The van der Waals surface area contributed by atoms with Crippen molar-refractivity contribution in [1.29, 1.82) is 0 Å². The molecular weight excluding hydrogens is 248 g/mol. The maximum atomic E-state index is 12.5. The first-order valence-corrected chi connectivity index (χ1v) is 8.13. The van der Waals surface area contributed by atoms with Gasteiger partial charge in [-0.05, 0) is 12.8 Å². The SMILES string of the molecule is CCCCCCCCCC(=O)C1(COC)C=CCC=C1. The van der Waals surface area contributed by atoms with Crippen molar-refractivity contribution in [3.05, 3.63) is 24.3 Å². The molecule has 0 spiro atoms. The minimum Gasteiger partial charge on any atom is -0.383 e. The van der Waals surface area contributed by atoms with Gasteiger partial charge in [-0.15, -0.1) is 0 Å². The monoisotopic (exact) mass is 278 g/mol. The van der Waals surface area contributed by atoms with Gasteiger partial charge in [0, 0.05) is 13.5 Å². The molecule has 1 aliphatic carbocycles. The summed E-state index contributed by atoms with van der Waals surface area (Å²) in [6, 6.07) is 0. The van der Waals surface area contributed by atoms with E-state index >= 15 is 0 Å². The van der Waals surface area contributed by atoms with Gasteiger partial charge >= 0.3 is 0 Å². The van der Waals surface area contributed by atoms with E-state index in [1.54, 1.807) is 7.11 Å². The molecule has 0 aliphatic heterocycles. The zero-order valence-corrected chi connectivity index (χ0v) is 13.2. The van der Waals surface area contributed by atoms with Crippen LogP contribution in [0.25, 0.3) is 0 Å². The topological polar surface area (TPSA) is 26.3 Å². The van der Waals surface area contributed by atoms with Crippen LogP contribution in [0.15, 0.2) is 24.3 Å². The summed E-state index contributed by atoms with van der Waals surface area (Å²) < 4.78 is 5.25. The van der Waals surface area contributed by atoms with Crippen LogP contribution < -0.4 is 0 Å². The Morgan fingerprint density at radius 3 is 2.25 bits per heavy atom. The quantitative estimate of drug-likeness (QED) is 0.399. The van der Waals surface area contributed by atoms with Crippen LogP contribution in [0.4, 0.5) is 0 Å². The number of ketones is 1. The normalized spacial score (nSPS) is 16.5. The average Bonchev–Trinajstić information content (AvgIpc) is 2.47. The Morgan fingerprint density at radius 1 is 1.05 bits per heavy atom. The standard InChI is InChI=1S/C18H30O2/c1-3-4-5-6-7-8-10-13-17(19)18(16-20-2)14-11-9-12-15-18/h11-12,14-15H,3-10,13,16H2,1-2H3. The molecule has 0 saturated heterocycles. The van der Waals surface area contributed by atoms with Gasteiger partial charge in [0.2, 0.25) is 0 Å². The lowest BCUT2D eigenvalue weighted by molar-refractivity contribution is -0.126. The molecule has 0 bridgehead atoms. The number of unbranched alkanes of at least 4 members (excludes halogenated alkanes) is 6. The molecule has 0 aromatic rings. The molecule has 0 radical (unpaired) electrons. The highest BCUT2D eigenvalue weighted by atomic mass is 16.5. The molecule has 0 aromatic carbocycles. The van der Waals surface area contributed by atoms with Gasteiger partial charge in [0.1, 0.15) is 5.78 Å². The number of rotatable bonds is 11. The lowest BCUT2D eigenvalue weighted by atomic mass is 9.79. The van der Waals surface area contributed by atoms with E-state index in [2.05, 4.69) is 19.1 Å². The summed E-state index contributed by atoms with van der Waals surface area (Å²) in [4.78, 5) is 12.5. The van der Waals surface area contributed by atoms with Crippen molar-refractivity contribution >= 4 is 5.78 Å². The number of carbonyl (C=O) groups excluding carboxylic acids is 1. The third-order valence-corrected chi connectivity index (χ3v) is 4.01. The van der Waals surface area contributed by atoms with Gasteiger partial charge in [0.05, 0.1) is 12.0 Å². The number of Topliss-reactive ketones (excluding diaryl/α,β-unsaturated/α-hetero) is 1. The molecule has 0 aromatic heterocycles. The Labute approximate surface area is 124 Å². The summed E-state index contributed by atoms with van der Waals surface area (Å²) in [6.45, 7) is 2.70. The van der Waals surface area contributed by atoms with Gasteiger partial charge in [-0.2, -0.15) is 0 Å². The predicted molar refractivity (Wildman–Crippen MR) is 84.8 cm³/mol. The summed E-state index contributed by atoms with van der Waals surface area (Å²) in [6.07, 6.45) is 18.5. The lowest BCUT2D eigenvalue weighted by Gasteiger charge is -2.27. The van der Waals surface area contributed by atoms with Gasteiger partial charge in [0.25, 0.3) is 0 Å². The Hall–Kier alpha value is -0.890. The van der Waals surface area contributed by atoms with Crippen LogP contribution in [0, 0.1) is 5.41 Å². The third kappa shape index (κ3) is 5.62. The van der Waals surface area contributed by atoms with Crippen molar-refractivity contribution in [2.24, 2.45) is 5.41 Å². The van der Waals surface area contributed by atoms with Crippen LogP contribution in [-0.2, 0) is 9.53 Å². The fourth-order valence-corrected chi connectivity index (χ4v) is 2.77. The zero-order chi connectivity index (χ0) is 14.7. The number of hydrogen-bond donors (Lipinski definition) is 0. The molecule has 0 heterocycles. The Balaban J connectivity index is 2.27. The third-order valence-electron chi connectivity index (χ3n) is 4.01. The summed E-state index contributed by atoms with van der Waals surface area (Å²) in [5.74, 6) is 0.306. The molecule has 0 N–H and O–H groups in total. The molecule has 1 aliphatic rings. The van der Waals surface area contributed by atoms with E-state index in [1.807, 2.05) is 12.2 Å². The number of carbonyl (C=O) groups is 1. The van der Waals surface area contributed by atoms with Gasteiger partial charge in [0.15, 0.2) is 0 Å². The van der Waals surface area contributed by atoms with Gasteiger partial charge < -0.3 is 4.74 Å². The first kappa shape index (κ1) is 17.2. The molecule has 114 valence electrons. The van der Waals surface area contributed by atoms with Crippen molar-refractivity contribution < 1.29 is 9.53 Å². The van der Waals surface area contributed by atoms with E-state index in [1.165, 1.54) is 38.5 Å². The second kappa shape index (κ2) is 9.93. The van der Waals surface area contributed by atoms with Crippen LogP contribution in [0.2, 0.25) is 0 Å². The van der Waals surface area contributed by atoms with Crippen molar-refractivity contribution in [2.75, 3.05) is 13.7 Å². The van der Waals surface area contributed by atoms with Crippen LogP contribution >= 0.6 is 0 Å². The first-order valence-electron chi connectivity index (χ1n) is 8.13. The van der Waals surface area contributed by atoms with Crippen LogP contribution in [0.3, 0.4) is 0 Å². The van der Waals surface area contributed by atoms with E-state index in [0.29, 0.717) is 18.8 Å². The smallest absolute Gasteiger partial charge is 0.148 e. The molecule has 0 amide bonds. The van der Waals surface area contributed by atoms with Crippen molar-refractivity contribution in [2.45, 2.75) is 64.7 Å². The highest BCUT2D eigenvalue weighted by molar-refractivity contribution is 5.89. The van der Waals surface area contributed by atoms with Crippen LogP contribution in [0.1, 0.15) is 64.7 Å². The fraction of sp³-hybridized carbons (Fsp3) is 0.722. The molecule has 0 saturated carbocycles. The van der Waals surface area contributed by atoms with E-state index in [9.17, 15) is 4.79 Å². The zero-order valence-electron chi connectivity index (χ0n) is 13.2. The number of methoxy groups -OCH3 is 1. The van der Waals surface area contributed by atoms with Crippen molar-refractivity contribution in [1.82, 2.24) is 0 Å². The second-order valence-corrected chi connectivity index (χ2v) is 5.81. The molecule has 0 atom stereocenters. The largest absolute Gasteiger partial charge is 0.383 e. The molecule has 0 unspecified atom stereocenters. The Bertz CT molecular complexity index is 316. The molecule has 20 heavy (non-hydrogen) atoms. The molecule has 2 heteroatoms. The highest BCUT2D eigenvalue weighted by Gasteiger charge is 2.33. The Kier molecular flexibility index (Phi) is 8.52. The maximum absolute atomic E-state index is 12.5. The van der Waals surface area contributed by atoms with Gasteiger partial charge in [-0.1, -0.05) is 69.8 Å². The van der Waals surface area contributed by atoms with Gasteiger partial charge in [-0.25, -0.2) is 0 Å². The first-order chi connectivity index (χ1) is 9.75. The van der Waals surface area contributed by atoms with Crippen LogP contribution in [0.5, 0.6) is 0 Å². The van der Waals surface area contributed by atoms with Gasteiger partial charge in [-0.3, -0.25) is 4.79 Å². The minimum atomic E-state index is -0.491. The number of hydrogen-bond acceptors (Lipinski definition) is 2. The average molecular weight is 278 g/mol. The van der Waals surface area contributed by atoms with Crippen molar-refractivity contribution in [3.8, 4) is 0 Å². The van der Waals surface area contributed by atoms with E-state index < -0.39 is 5.41 Å². The lowest BCUT2D eigenvalue weighted by Crippen LogP contribution is -2.32. The molecular formula is C18H30O2. The van der Waals surface area contributed by atoms with E-state index in [0.717, 1.165) is 12.8 Å². The van der Waals surface area contributed by atoms with Crippen LogP contribution in [-0.4, -0.2) is 19.5 Å². The molecule has 2 nitrogen and oxygen atoms in total. The highest BCUT2D eigenvalue weighted by Crippen LogP contribution is 2.29. The molecule has 0 fully saturated rings. The molecule has 1 rings (SSSR count). The summed E-state index contributed by atoms with van der Waals surface area (Å²) in [5, 5.41) is 0. The Morgan fingerprint density at radius 2 is 1.65 bits per heavy atom. The number of allylic oxidation sites excluding steroid dienone is 2. The summed E-state index contributed by atoms with van der Waals surface area (Å²) >= 11 is 0. The van der Waals surface area contributed by atoms with Crippen molar-refractivity contribution in [3.63, 3.8) is 0 Å². The summed E-state index contributed by atoms with van der Waals surface area (Å²) in [5.41, 5.74) is -0.491. The predicted octanol–water partition coefficient (Wildman–Crippen LogP) is 4.85.